The van der Waals surface area contributed by atoms with Crippen molar-refractivity contribution in [2.45, 2.75) is 6.42 Å². The van der Waals surface area contributed by atoms with Crippen LogP contribution in [0.1, 0.15) is 22.3 Å². The maximum absolute atomic E-state index is 12.8. The number of aliphatic imine (C=N–C) groups is 1. The zero-order chi connectivity index (χ0) is 17.8. The minimum Gasteiger partial charge on any atom is -0.497 e. The molecule has 0 aromatic heterocycles. The highest BCUT2D eigenvalue weighted by Gasteiger charge is 2.25. The second-order valence-electron chi connectivity index (χ2n) is 5.67. The third-order valence-corrected chi connectivity index (χ3v) is 4.04. The average Bonchev–Trinajstić information content (AvgIpc) is 2.77. The topological polar surface area (TPSA) is 79.2 Å². The highest BCUT2D eigenvalue weighted by Crippen LogP contribution is 2.26. The van der Waals surface area contributed by atoms with E-state index in [1.807, 2.05) is 30.3 Å². The van der Waals surface area contributed by atoms with Gasteiger partial charge in [0.2, 0.25) is 0 Å². The fraction of sp³-hybridized carbons (Fsp3) is 0.211. The molecule has 0 saturated carbocycles. The number of ether oxygens (including phenoxy) is 1. The average molecular weight is 338 g/mol. The van der Waals surface area contributed by atoms with Gasteiger partial charge in [0.05, 0.1) is 37.0 Å². The van der Waals surface area contributed by atoms with E-state index in [1.165, 1.54) is 4.90 Å². The number of hydrogen-bond donors (Lipinski definition) is 1. The van der Waals surface area contributed by atoms with E-state index in [2.05, 4.69) is 4.99 Å². The summed E-state index contributed by atoms with van der Waals surface area (Å²) in [5.41, 5.74) is 2.66. The second kappa shape index (κ2) is 7.17. The van der Waals surface area contributed by atoms with E-state index >= 15 is 0 Å². The van der Waals surface area contributed by atoms with Gasteiger partial charge in [-0.3, -0.25) is 14.6 Å². The van der Waals surface area contributed by atoms with Crippen molar-refractivity contribution in [3.05, 3.63) is 59.7 Å². The molecule has 6 heteroatoms. The molecular weight excluding hydrogens is 320 g/mol. The molecule has 1 heterocycles. The maximum Gasteiger partial charge on any atom is 0.305 e. The van der Waals surface area contributed by atoms with Crippen LogP contribution in [0.15, 0.2) is 53.5 Å². The molecule has 1 N–H and O–H groups in total. The third kappa shape index (κ3) is 3.68. The van der Waals surface area contributed by atoms with Gasteiger partial charge in [-0.15, -0.1) is 0 Å². The van der Waals surface area contributed by atoms with Gasteiger partial charge in [0, 0.05) is 6.54 Å². The number of para-hydroxylation sites is 1. The Morgan fingerprint density at radius 1 is 1.20 bits per heavy atom. The van der Waals surface area contributed by atoms with Crippen LogP contribution in [0.5, 0.6) is 5.75 Å². The van der Waals surface area contributed by atoms with E-state index in [4.69, 9.17) is 9.84 Å². The molecule has 128 valence electrons. The third-order valence-electron chi connectivity index (χ3n) is 4.04. The highest BCUT2D eigenvalue weighted by atomic mass is 16.5. The monoisotopic (exact) mass is 338 g/mol. The lowest BCUT2D eigenvalue weighted by molar-refractivity contribution is -0.137. The van der Waals surface area contributed by atoms with Crippen molar-refractivity contribution in [3.63, 3.8) is 0 Å². The van der Waals surface area contributed by atoms with E-state index in [1.54, 1.807) is 25.3 Å². The van der Waals surface area contributed by atoms with Crippen LogP contribution in [-0.2, 0) is 4.79 Å². The summed E-state index contributed by atoms with van der Waals surface area (Å²) < 4.78 is 5.17. The van der Waals surface area contributed by atoms with E-state index in [9.17, 15) is 9.59 Å². The van der Waals surface area contributed by atoms with Crippen molar-refractivity contribution in [1.29, 1.82) is 0 Å². The van der Waals surface area contributed by atoms with Crippen LogP contribution in [0, 0.1) is 0 Å². The summed E-state index contributed by atoms with van der Waals surface area (Å²) in [4.78, 5) is 29.9. The highest BCUT2D eigenvalue weighted by molar-refractivity contribution is 6.10. The summed E-state index contributed by atoms with van der Waals surface area (Å²) in [6, 6.07) is 14.5. The van der Waals surface area contributed by atoms with Gasteiger partial charge in [-0.25, -0.2) is 0 Å². The smallest absolute Gasteiger partial charge is 0.305 e. The first-order valence-electron chi connectivity index (χ1n) is 7.90. The number of hydrogen-bond acceptors (Lipinski definition) is 4. The number of rotatable bonds is 5. The fourth-order valence-electron chi connectivity index (χ4n) is 2.71. The number of aliphatic carboxylic acids is 1. The van der Waals surface area contributed by atoms with Crippen LogP contribution in [0.2, 0.25) is 0 Å². The zero-order valence-corrected chi connectivity index (χ0v) is 13.8. The number of carboxylic acids is 1. The van der Waals surface area contributed by atoms with Crippen molar-refractivity contribution >= 4 is 23.3 Å². The van der Waals surface area contributed by atoms with Crippen molar-refractivity contribution in [2.24, 2.45) is 4.99 Å². The first kappa shape index (κ1) is 16.7. The predicted octanol–water partition coefficient (Wildman–Crippen LogP) is 2.75. The maximum atomic E-state index is 12.8. The number of amides is 1. The van der Waals surface area contributed by atoms with Gasteiger partial charge in [0.15, 0.2) is 0 Å². The quantitative estimate of drug-likeness (QED) is 0.909. The standard InChI is InChI=1S/C19H18N2O4/c1-25-14-8-6-13(7-9-14)17-12-21(11-10-18(22)23)19(24)15-4-2-3-5-16(15)20-17/h2-9H,10-12H2,1H3,(H,22,23). The fourth-order valence-corrected chi connectivity index (χ4v) is 2.71. The molecule has 2 aromatic carbocycles. The Hall–Kier alpha value is -3.15. The largest absolute Gasteiger partial charge is 0.497 e. The van der Waals surface area contributed by atoms with Gasteiger partial charge in [-0.2, -0.15) is 0 Å². The van der Waals surface area contributed by atoms with Gasteiger partial charge in [0.1, 0.15) is 5.75 Å². The lowest BCUT2D eigenvalue weighted by Crippen LogP contribution is -2.36. The Morgan fingerprint density at radius 3 is 2.60 bits per heavy atom. The molecule has 0 unspecified atom stereocenters. The number of benzene rings is 2. The molecule has 1 amide bonds. The van der Waals surface area contributed by atoms with Crippen molar-refractivity contribution < 1.29 is 19.4 Å². The Morgan fingerprint density at radius 2 is 1.92 bits per heavy atom. The van der Waals surface area contributed by atoms with E-state index in [0.29, 0.717) is 17.0 Å². The summed E-state index contributed by atoms with van der Waals surface area (Å²) in [6.45, 7) is 0.394. The lowest BCUT2D eigenvalue weighted by Gasteiger charge is -2.21. The van der Waals surface area contributed by atoms with Gasteiger partial charge in [-0.05, 0) is 42.0 Å². The summed E-state index contributed by atoms with van der Waals surface area (Å²) >= 11 is 0. The van der Waals surface area contributed by atoms with Crippen molar-refractivity contribution in [2.75, 3.05) is 20.2 Å². The first-order valence-corrected chi connectivity index (χ1v) is 7.90. The summed E-state index contributed by atoms with van der Waals surface area (Å²) in [5.74, 6) is -0.408. The number of fused-ring (bicyclic) bond motifs is 1. The van der Waals surface area contributed by atoms with Crippen LogP contribution in [0.25, 0.3) is 0 Å². The Kier molecular flexibility index (Phi) is 4.79. The molecule has 6 nitrogen and oxygen atoms in total. The molecule has 2 aromatic rings. The van der Waals surface area contributed by atoms with E-state index in [-0.39, 0.29) is 25.4 Å². The van der Waals surface area contributed by atoms with Crippen LogP contribution in [0.3, 0.4) is 0 Å². The Bertz CT molecular complexity index is 828. The number of methoxy groups -OCH3 is 1. The number of carbonyl (C=O) groups is 2. The van der Waals surface area contributed by atoms with Crippen LogP contribution < -0.4 is 4.74 Å². The molecule has 0 saturated heterocycles. The summed E-state index contributed by atoms with van der Waals surface area (Å²) in [7, 11) is 1.60. The molecule has 1 aliphatic rings. The van der Waals surface area contributed by atoms with E-state index in [0.717, 1.165) is 11.3 Å². The number of carbonyl (C=O) groups excluding carboxylic acids is 1. The molecule has 0 spiro atoms. The van der Waals surface area contributed by atoms with Gasteiger partial charge in [0.25, 0.3) is 5.91 Å². The van der Waals surface area contributed by atoms with Crippen molar-refractivity contribution in [1.82, 2.24) is 4.90 Å². The molecular formula is C19H18N2O4. The molecule has 1 aliphatic heterocycles. The molecule has 0 aliphatic carbocycles. The minimum atomic E-state index is -0.937. The van der Waals surface area contributed by atoms with Crippen LogP contribution in [-0.4, -0.2) is 47.8 Å². The molecule has 0 bridgehead atoms. The lowest BCUT2D eigenvalue weighted by atomic mass is 10.1. The Labute approximate surface area is 145 Å². The second-order valence-corrected chi connectivity index (χ2v) is 5.67. The minimum absolute atomic E-state index is 0.107. The Balaban J connectivity index is 2.00. The number of carboxylic acid groups (broad SMARTS) is 1. The van der Waals surface area contributed by atoms with Gasteiger partial charge >= 0.3 is 5.97 Å². The molecule has 0 radical (unpaired) electrons. The van der Waals surface area contributed by atoms with Gasteiger partial charge < -0.3 is 14.7 Å². The predicted molar refractivity (Wildman–Crippen MR) is 93.8 cm³/mol. The van der Waals surface area contributed by atoms with Crippen LogP contribution >= 0.6 is 0 Å². The number of nitrogens with zero attached hydrogens (tertiary/aromatic N) is 2. The zero-order valence-electron chi connectivity index (χ0n) is 13.8. The molecule has 0 atom stereocenters. The summed E-state index contributed by atoms with van der Waals surface area (Å²) in [6.07, 6.45) is -0.107. The SMILES string of the molecule is COc1ccc(C2=Nc3ccccc3C(=O)N(CCC(=O)O)C2)cc1. The molecule has 0 fully saturated rings. The molecule has 25 heavy (non-hydrogen) atoms. The molecule has 3 rings (SSSR count). The summed E-state index contributed by atoms with van der Waals surface area (Å²) in [5, 5.41) is 8.95. The van der Waals surface area contributed by atoms with Crippen molar-refractivity contribution in [3.8, 4) is 5.75 Å². The van der Waals surface area contributed by atoms with Crippen LogP contribution in [0.4, 0.5) is 5.69 Å². The van der Waals surface area contributed by atoms with Gasteiger partial charge in [-0.1, -0.05) is 12.1 Å². The first-order chi connectivity index (χ1) is 12.1. The normalized spacial score (nSPS) is 13.7. The van der Waals surface area contributed by atoms with E-state index < -0.39 is 5.97 Å².